The molecule has 3 amide bonds. The van der Waals surface area contributed by atoms with Crippen molar-refractivity contribution in [1.82, 2.24) is 25.8 Å². The molecule has 3 saturated carbocycles. The van der Waals surface area contributed by atoms with Crippen LogP contribution in [0.1, 0.15) is 181 Å². The maximum atomic E-state index is 15.1. The van der Waals surface area contributed by atoms with Crippen molar-refractivity contribution in [2.45, 2.75) is 168 Å². The number of methoxy groups -OCH3 is 6. The van der Waals surface area contributed by atoms with Gasteiger partial charge in [-0.1, -0.05) is 137 Å². The number of nitrogens with one attached hydrogen (secondary N) is 3. The van der Waals surface area contributed by atoms with Crippen LogP contribution in [0.25, 0.3) is 0 Å². The third-order valence-electron chi connectivity index (χ3n) is 24.8. The summed E-state index contributed by atoms with van der Waals surface area (Å²) >= 11 is 21.1. The molecule has 0 radical (unpaired) electrons. The molecule has 7 aromatic rings. The number of thiocarbonyl (C=S) groups is 1. The van der Waals surface area contributed by atoms with E-state index in [0.717, 1.165) is 160 Å². The lowest BCUT2D eigenvalue weighted by Gasteiger charge is -2.47. The molecular formula is C87H93Br4N7O13S2. The lowest BCUT2D eigenvalue weighted by molar-refractivity contribution is -0.140. The zero-order valence-corrected chi connectivity index (χ0v) is 72.2. The summed E-state index contributed by atoms with van der Waals surface area (Å²) in [5, 5.41) is 11.3. The molecule has 0 bridgehead atoms. The number of Topliss-reactive ketones (excluding diaryl/α,β-unsaturated/α-hetero) is 1. The molecule has 5 N–H and O–H groups in total. The van der Waals surface area contributed by atoms with Gasteiger partial charge in [-0.15, -0.1) is 11.8 Å². The summed E-state index contributed by atoms with van der Waals surface area (Å²) in [5.74, 6) is -0.304. The number of rotatable bonds is 15. The highest BCUT2D eigenvalue weighted by Gasteiger charge is 2.70. The van der Waals surface area contributed by atoms with E-state index in [1.807, 2.05) is 71.6 Å². The van der Waals surface area contributed by atoms with Crippen molar-refractivity contribution >= 4 is 140 Å². The number of benzene rings is 7. The molecule has 3 heterocycles. The van der Waals surface area contributed by atoms with Gasteiger partial charge in [-0.2, -0.15) is 0 Å². The Balaban J connectivity index is 0.000000143. The molecule has 20 nitrogen and oxygen atoms in total. The zero-order chi connectivity index (χ0) is 80.4. The first-order valence-electron chi connectivity index (χ1n) is 38.0. The van der Waals surface area contributed by atoms with Gasteiger partial charge in [0.25, 0.3) is 11.8 Å². The average molecular weight is 1830 g/mol. The summed E-state index contributed by atoms with van der Waals surface area (Å²) in [4.78, 5) is 98.4. The van der Waals surface area contributed by atoms with Gasteiger partial charge in [0.15, 0.2) is 27.9 Å². The van der Waals surface area contributed by atoms with Gasteiger partial charge in [0.2, 0.25) is 5.91 Å². The van der Waals surface area contributed by atoms with E-state index in [4.69, 9.17) is 46.6 Å². The van der Waals surface area contributed by atoms with Crippen LogP contribution >= 0.6 is 87.7 Å². The van der Waals surface area contributed by atoms with Crippen LogP contribution in [0.4, 0.5) is 0 Å². The van der Waals surface area contributed by atoms with Crippen LogP contribution in [0.2, 0.25) is 0 Å². The molecule has 16 rings (SSSR count). The van der Waals surface area contributed by atoms with Gasteiger partial charge >= 0.3 is 17.9 Å². The number of aliphatic imine (C=N–C) groups is 1. The third kappa shape index (κ3) is 15.8. The summed E-state index contributed by atoms with van der Waals surface area (Å²) in [6.07, 6.45) is 14.1. The lowest BCUT2D eigenvalue weighted by atomic mass is 9.61. The predicted molar refractivity (Wildman–Crippen MR) is 451 cm³/mol. The second-order valence-corrected chi connectivity index (χ2v) is 35.6. The first-order chi connectivity index (χ1) is 54.3. The Morgan fingerprint density at radius 3 is 1.39 bits per heavy atom. The second-order valence-electron chi connectivity index (χ2n) is 30.8. The minimum Gasteiger partial charge on any atom is -0.465 e. The van der Waals surface area contributed by atoms with Crippen LogP contribution in [0, 0.1) is 16.2 Å². The normalized spacial score (nSPS) is 26.7. The molecule has 6 aliphatic carbocycles. The molecule has 4 atom stereocenters. The maximum absolute atomic E-state index is 15.1. The zero-order valence-electron chi connectivity index (χ0n) is 64.2. The third-order valence-corrected chi connectivity index (χ3v) is 28.4. The van der Waals surface area contributed by atoms with Crippen molar-refractivity contribution in [3.8, 4) is 0 Å². The van der Waals surface area contributed by atoms with E-state index in [1.54, 1.807) is 87.4 Å². The number of alkyl halides is 1. The molecule has 6 spiro atoms. The summed E-state index contributed by atoms with van der Waals surface area (Å²) in [6, 6.07) is 48.1. The van der Waals surface area contributed by atoms with E-state index in [2.05, 4.69) is 127 Å². The van der Waals surface area contributed by atoms with Gasteiger partial charge in [0.05, 0.1) is 62.9 Å². The largest absolute Gasteiger partial charge is 0.465 e. The Morgan fingerprint density at radius 1 is 0.522 bits per heavy atom. The van der Waals surface area contributed by atoms with E-state index in [-0.39, 0.29) is 75.9 Å². The molecule has 594 valence electrons. The van der Waals surface area contributed by atoms with Crippen molar-refractivity contribution in [2.75, 3.05) is 42.7 Å². The number of ketones is 1. The molecule has 2 saturated heterocycles. The minimum absolute atomic E-state index is 0.00443. The fourth-order valence-corrected chi connectivity index (χ4v) is 22.0. The van der Waals surface area contributed by atoms with E-state index < -0.39 is 28.6 Å². The highest BCUT2D eigenvalue weighted by atomic mass is 79.9. The van der Waals surface area contributed by atoms with Crippen molar-refractivity contribution in [1.29, 1.82) is 0 Å². The van der Waals surface area contributed by atoms with Gasteiger partial charge in [-0.05, 0) is 250 Å². The predicted octanol–water partition coefficient (Wildman–Crippen LogP) is 15.7. The highest BCUT2D eigenvalue weighted by molar-refractivity contribution is 9.11. The highest BCUT2D eigenvalue weighted by Crippen LogP contribution is 2.65. The summed E-state index contributed by atoms with van der Waals surface area (Å²) in [6.45, 7) is 2.15. The number of nitrogens with zero attached hydrogens (tertiary/aromatic N) is 3. The summed E-state index contributed by atoms with van der Waals surface area (Å²) < 4.78 is 34.2. The molecule has 26 heteroatoms. The van der Waals surface area contributed by atoms with Crippen molar-refractivity contribution in [3.63, 3.8) is 0 Å². The molecule has 9 aliphatic rings. The molecule has 3 aliphatic heterocycles. The Labute approximate surface area is 702 Å². The molecule has 4 unspecified atom stereocenters. The first-order valence-corrected chi connectivity index (χ1v) is 42.9. The number of carbonyl (C=O) groups is 7. The average Bonchev–Trinajstić information content (AvgIpc) is 1.54. The summed E-state index contributed by atoms with van der Waals surface area (Å²) in [5.41, 5.74) is 15.2. The number of carbonyl (C=O) groups excluding carboxylic acids is 7. The molecule has 113 heavy (non-hydrogen) atoms. The quantitative estimate of drug-likeness (QED) is 0.0245. The number of nitrogens with two attached hydrogens (primary N) is 1. The van der Waals surface area contributed by atoms with Crippen LogP contribution in [-0.2, 0) is 103 Å². The van der Waals surface area contributed by atoms with E-state index in [0.29, 0.717) is 45.8 Å². The number of halogens is 4. The maximum Gasteiger partial charge on any atom is 0.337 e. The fraction of sp³-hybridized carbons (Fsp3) is 0.414. The van der Waals surface area contributed by atoms with Gasteiger partial charge in [-0.3, -0.25) is 29.4 Å². The molecular weight excluding hydrogens is 1730 g/mol. The summed E-state index contributed by atoms with van der Waals surface area (Å²) in [7, 11) is 9.39. The minimum atomic E-state index is -1.05. The number of hydrogen-bond donors (Lipinski definition) is 4. The van der Waals surface area contributed by atoms with Crippen LogP contribution in [0.5, 0.6) is 0 Å². The van der Waals surface area contributed by atoms with Crippen LogP contribution in [-0.4, -0.2) is 129 Å². The standard InChI is InChI=1S/C35H37BrN2O5S.C26H28BrN3O4.C17H19BrN2O2S.C9H9BrO2/c1-22(39)25-8-5-7-24(17-25)21-44-33-37-35(32(41)38(33)20-23-6-4-9-26(16-23)31(40)43-3)30-18-28(36)11-10-27(30)19-34(35)14-12-29(42-2)13-15-34;1-33-20-8-10-25(11-9-20)14-18-6-7-19(27)13-21(18)26(25)23(32)30(24(28)29-26)15-16-4-3-5-17(12-16)22(31)34-2;1-22-12-4-6-16(7-5-12)9-10-2-3-11(18)8-13(10)17(16)14(21)19-15(23)20-17;1-12-9(11)8-4-2-3-7(5-8)6-10/h4-11,16-18,29,33,37H,12-15,19-21H2,1-3H3;3-7,12-13,20H,8-11,14-15H2,1-2H3,(H2,28,29);2-3,8,12H,4-7,9H2,1H3,(H2,19,20,21,23);2-5H,6H2,1H3. The Kier molecular flexibility index (Phi) is 25.7. The smallest absolute Gasteiger partial charge is 0.337 e. The number of guanidine groups is 1. The molecule has 7 aromatic carbocycles. The van der Waals surface area contributed by atoms with Gasteiger partial charge < -0.3 is 49.7 Å². The number of esters is 3. The topological polar surface area (TPSA) is 256 Å². The van der Waals surface area contributed by atoms with Crippen molar-refractivity contribution < 1.29 is 62.0 Å². The van der Waals surface area contributed by atoms with E-state index in [1.165, 1.54) is 32.5 Å². The van der Waals surface area contributed by atoms with Crippen LogP contribution in [0.3, 0.4) is 0 Å². The monoisotopic (exact) mass is 1820 g/mol. The second kappa shape index (κ2) is 34.7. The fourth-order valence-electron chi connectivity index (χ4n) is 19.2. The number of amides is 3. The Morgan fingerprint density at radius 2 is 0.929 bits per heavy atom. The molecule has 0 aromatic heterocycles. The Hall–Kier alpha value is -7.50. The number of ether oxygens (including phenoxy) is 6. The SMILES string of the molecule is COC(=O)c1cccc(CBr)c1.COC(=O)c1cccc(CN2C(=O)C3(N=C2N)c2cc(Br)ccc2CC32CCC(OC)CC2)c1.COC(=O)c1cccc(CN2C(=O)C3(NC2SCc2cccc(C(C)=O)c2)c2cc(Br)ccc2CC32CCC(OC)CC2)c1.COC1CCC2(CC1)Cc1ccc(Br)cc1C21NC(=S)NC1=O. The van der Waals surface area contributed by atoms with Gasteiger partial charge in [-0.25, -0.2) is 19.4 Å². The van der Waals surface area contributed by atoms with Crippen LogP contribution < -0.4 is 21.7 Å². The van der Waals surface area contributed by atoms with Crippen LogP contribution in [0.15, 0.2) is 170 Å². The number of fused-ring (bicyclic) bond motifs is 9. The van der Waals surface area contributed by atoms with Gasteiger partial charge in [0.1, 0.15) is 11.0 Å². The van der Waals surface area contributed by atoms with Crippen molar-refractivity contribution in [2.24, 2.45) is 27.0 Å². The Bertz CT molecular complexity index is 4890. The number of thioether (sulfide) groups is 1. The first kappa shape index (κ1) is 83.4. The van der Waals surface area contributed by atoms with Gasteiger partial charge in [0, 0.05) is 74.2 Å². The van der Waals surface area contributed by atoms with E-state index in [9.17, 15) is 28.8 Å². The molecule has 5 fully saturated rings. The van der Waals surface area contributed by atoms with Crippen molar-refractivity contribution in [3.05, 3.63) is 243 Å². The lowest BCUT2D eigenvalue weighted by Crippen LogP contribution is -2.57. The number of hydrogen-bond acceptors (Lipinski definition) is 18. The van der Waals surface area contributed by atoms with E-state index >= 15 is 4.79 Å².